The van der Waals surface area contributed by atoms with E-state index in [2.05, 4.69) is 57.4 Å². The summed E-state index contributed by atoms with van der Waals surface area (Å²) >= 11 is 0. The first-order chi connectivity index (χ1) is 9.61. The second-order valence-electron chi connectivity index (χ2n) is 7.03. The van der Waals surface area contributed by atoms with Gasteiger partial charge in [0.05, 0.1) is 0 Å². The molecule has 0 spiro atoms. The van der Waals surface area contributed by atoms with Gasteiger partial charge in [-0.15, -0.1) is 0 Å². The van der Waals surface area contributed by atoms with Gasteiger partial charge in [0.25, 0.3) is 0 Å². The Morgan fingerprint density at radius 1 is 1.15 bits per heavy atom. The van der Waals surface area contributed by atoms with Crippen LogP contribution in [0.4, 0.5) is 0 Å². The van der Waals surface area contributed by atoms with Crippen molar-refractivity contribution in [2.45, 2.75) is 46.5 Å². The topological polar surface area (TPSA) is 12.0 Å². The van der Waals surface area contributed by atoms with Gasteiger partial charge in [0.1, 0.15) is 0 Å². The number of aryl methyl sites for hydroxylation is 1. The van der Waals surface area contributed by atoms with Crippen molar-refractivity contribution in [1.29, 1.82) is 0 Å². The fraction of sp³-hybridized carbons (Fsp3) is 0.684. The highest BCUT2D eigenvalue weighted by Gasteiger charge is 2.31. The third kappa shape index (κ3) is 3.85. The highest BCUT2D eigenvalue weighted by atomic mass is 14.8. The standard InChI is InChI=1S/C19H31N/c1-14(2)16-9-10-18(13-20-4)19(11-16)12-17-8-6-5-7-15(17)3/h5-8,14,16,18-20H,9-13H2,1-4H3. The van der Waals surface area contributed by atoms with Crippen molar-refractivity contribution in [3.05, 3.63) is 35.4 Å². The molecule has 1 N–H and O–H groups in total. The molecule has 112 valence electrons. The minimum absolute atomic E-state index is 0.838. The van der Waals surface area contributed by atoms with E-state index in [4.69, 9.17) is 0 Å². The molecule has 0 saturated heterocycles. The van der Waals surface area contributed by atoms with Crippen molar-refractivity contribution >= 4 is 0 Å². The number of benzene rings is 1. The van der Waals surface area contributed by atoms with Gasteiger partial charge in [0.15, 0.2) is 0 Å². The molecule has 0 amide bonds. The molecule has 0 aliphatic heterocycles. The lowest BCUT2D eigenvalue weighted by Crippen LogP contribution is -2.34. The van der Waals surface area contributed by atoms with Gasteiger partial charge in [0, 0.05) is 0 Å². The van der Waals surface area contributed by atoms with E-state index in [-0.39, 0.29) is 0 Å². The molecule has 20 heavy (non-hydrogen) atoms. The summed E-state index contributed by atoms with van der Waals surface area (Å²) in [4.78, 5) is 0. The van der Waals surface area contributed by atoms with Crippen molar-refractivity contribution in [2.75, 3.05) is 13.6 Å². The van der Waals surface area contributed by atoms with E-state index in [1.807, 2.05) is 0 Å². The van der Waals surface area contributed by atoms with Crippen LogP contribution in [0, 0.1) is 30.6 Å². The normalized spacial score (nSPS) is 26.9. The van der Waals surface area contributed by atoms with E-state index in [9.17, 15) is 0 Å². The van der Waals surface area contributed by atoms with E-state index >= 15 is 0 Å². The maximum absolute atomic E-state index is 3.41. The molecule has 1 aromatic carbocycles. The Balaban J connectivity index is 2.09. The summed E-state index contributed by atoms with van der Waals surface area (Å²) in [5, 5.41) is 3.41. The van der Waals surface area contributed by atoms with Crippen molar-refractivity contribution in [2.24, 2.45) is 23.7 Å². The van der Waals surface area contributed by atoms with Crippen LogP contribution in [0.1, 0.15) is 44.2 Å². The summed E-state index contributed by atoms with van der Waals surface area (Å²) in [6, 6.07) is 8.93. The third-order valence-electron chi connectivity index (χ3n) is 5.33. The molecule has 3 unspecified atom stereocenters. The summed E-state index contributed by atoms with van der Waals surface area (Å²) in [5.41, 5.74) is 3.02. The fourth-order valence-electron chi connectivity index (χ4n) is 3.87. The van der Waals surface area contributed by atoms with Gasteiger partial charge >= 0.3 is 0 Å². The monoisotopic (exact) mass is 273 g/mol. The lowest BCUT2D eigenvalue weighted by molar-refractivity contribution is 0.146. The van der Waals surface area contributed by atoms with Crippen LogP contribution >= 0.6 is 0 Å². The third-order valence-corrected chi connectivity index (χ3v) is 5.33. The van der Waals surface area contributed by atoms with Gasteiger partial charge in [-0.3, -0.25) is 0 Å². The van der Waals surface area contributed by atoms with Crippen LogP contribution in [-0.2, 0) is 6.42 Å². The summed E-state index contributed by atoms with van der Waals surface area (Å²) < 4.78 is 0. The fourth-order valence-corrected chi connectivity index (χ4v) is 3.87. The minimum Gasteiger partial charge on any atom is -0.319 e. The van der Waals surface area contributed by atoms with Gasteiger partial charge < -0.3 is 5.32 Å². The summed E-state index contributed by atoms with van der Waals surface area (Å²) in [7, 11) is 2.10. The van der Waals surface area contributed by atoms with Crippen LogP contribution in [0.5, 0.6) is 0 Å². The summed E-state index contributed by atoms with van der Waals surface area (Å²) in [5.74, 6) is 3.47. The van der Waals surface area contributed by atoms with Crippen molar-refractivity contribution < 1.29 is 0 Å². The van der Waals surface area contributed by atoms with Crippen molar-refractivity contribution in [3.8, 4) is 0 Å². The molecule has 1 aliphatic rings. The average molecular weight is 273 g/mol. The van der Waals surface area contributed by atoms with Crippen LogP contribution in [0.3, 0.4) is 0 Å². The highest BCUT2D eigenvalue weighted by Crippen LogP contribution is 2.39. The lowest BCUT2D eigenvalue weighted by Gasteiger charge is -2.38. The Bertz CT molecular complexity index is 410. The maximum atomic E-state index is 3.41. The molecule has 0 aromatic heterocycles. The van der Waals surface area contributed by atoms with E-state index in [1.54, 1.807) is 5.56 Å². The van der Waals surface area contributed by atoms with Gasteiger partial charge in [-0.1, -0.05) is 38.1 Å². The Morgan fingerprint density at radius 3 is 2.55 bits per heavy atom. The minimum atomic E-state index is 0.838. The molecular weight excluding hydrogens is 242 g/mol. The molecule has 2 rings (SSSR count). The van der Waals surface area contributed by atoms with Gasteiger partial charge in [0.2, 0.25) is 0 Å². The van der Waals surface area contributed by atoms with Crippen molar-refractivity contribution in [1.82, 2.24) is 5.32 Å². The van der Waals surface area contributed by atoms with Gasteiger partial charge in [-0.2, -0.15) is 0 Å². The molecule has 1 aromatic rings. The van der Waals surface area contributed by atoms with Crippen molar-refractivity contribution in [3.63, 3.8) is 0 Å². The second kappa shape index (κ2) is 7.26. The zero-order valence-corrected chi connectivity index (χ0v) is 13.7. The predicted octanol–water partition coefficient (Wildman–Crippen LogP) is 4.45. The second-order valence-corrected chi connectivity index (χ2v) is 7.03. The molecule has 0 heterocycles. The first-order valence-electron chi connectivity index (χ1n) is 8.31. The largest absolute Gasteiger partial charge is 0.319 e. The molecule has 1 aliphatic carbocycles. The zero-order chi connectivity index (χ0) is 14.5. The first-order valence-corrected chi connectivity index (χ1v) is 8.31. The number of nitrogens with one attached hydrogen (secondary N) is 1. The SMILES string of the molecule is CNCC1CCC(C(C)C)CC1Cc1ccccc1C. The summed E-state index contributed by atoms with van der Waals surface area (Å²) in [6.07, 6.45) is 5.51. The van der Waals surface area contributed by atoms with E-state index in [0.29, 0.717) is 0 Å². The van der Waals surface area contributed by atoms with Gasteiger partial charge in [-0.25, -0.2) is 0 Å². The molecule has 1 fully saturated rings. The smallest absolute Gasteiger partial charge is 0.00208 e. The Morgan fingerprint density at radius 2 is 1.90 bits per heavy atom. The first kappa shape index (κ1) is 15.6. The predicted molar refractivity (Wildman–Crippen MR) is 88.0 cm³/mol. The Hall–Kier alpha value is -0.820. The van der Waals surface area contributed by atoms with Crippen LogP contribution in [-0.4, -0.2) is 13.6 Å². The zero-order valence-electron chi connectivity index (χ0n) is 13.7. The molecule has 1 heteroatoms. The number of hydrogen-bond donors (Lipinski definition) is 1. The maximum Gasteiger partial charge on any atom is -0.00208 e. The quantitative estimate of drug-likeness (QED) is 0.836. The lowest BCUT2D eigenvalue weighted by atomic mass is 9.68. The molecule has 1 nitrogen and oxygen atoms in total. The summed E-state index contributed by atoms with van der Waals surface area (Å²) in [6.45, 7) is 8.23. The van der Waals surface area contributed by atoms with Crippen LogP contribution < -0.4 is 5.32 Å². The molecule has 0 bridgehead atoms. The van der Waals surface area contributed by atoms with E-state index in [0.717, 1.165) is 23.7 Å². The molecule has 3 atom stereocenters. The average Bonchev–Trinajstić information content (AvgIpc) is 2.43. The van der Waals surface area contributed by atoms with Crippen LogP contribution in [0.2, 0.25) is 0 Å². The Labute approximate surface area is 125 Å². The molecule has 0 radical (unpaired) electrons. The van der Waals surface area contributed by atoms with E-state index in [1.165, 1.54) is 37.8 Å². The van der Waals surface area contributed by atoms with Crippen LogP contribution in [0.15, 0.2) is 24.3 Å². The molecule has 1 saturated carbocycles. The highest BCUT2D eigenvalue weighted by molar-refractivity contribution is 5.26. The number of rotatable bonds is 5. The molecular formula is C19H31N. The number of hydrogen-bond acceptors (Lipinski definition) is 1. The Kier molecular flexibility index (Phi) is 5.65. The van der Waals surface area contributed by atoms with E-state index < -0.39 is 0 Å². The van der Waals surface area contributed by atoms with Crippen LogP contribution in [0.25, 0.3) is 0 Å². The van der Waals surface area contributed by atoms with Gasteiger partial charge in [-0.05, 0) is 81.0 Å².